The molecule has 0 bridgehead atoms. The molecule has 0 aromatic heterocycles. The molecule has 1 amide bonds. The standard InChI is InChI=1S/C14H19NO3/c1-11-7-9-15(10-8-11)14(16)18-13-5-3-12(17-2)4-6-13/h3-6,11H,7-10H2,1-2H3. The zero-order chi connectivity index (χ0) is 13.0. The van der Waals surface area contributed by atoms with Crippen LogP contribution in [0.5, 0.6) is 11.5 Å². The van der Waals surface area contributed by atoms with E-state index >= 15 is 0 Å². The first kappa shape index (κ1) is 12.7. The third-order valence-corrected chi connectivity index (χ3v) is 3.31. The number of likely N-dealkylation sites (tertiary alicyclic amines) is 1. The van der Waals surface area contributed by atoms with Crippen LogP contribution in [0.1, 0.15) is 19.8 Å². The second kappa shape index (κ2) is 5.76. The third kappa shape index (κ3) is 3.15. The van der Waals surface area contributed by atoms with Crippen molar-refractivity contribution in [1.82, 2.24) is 4.90 Å². The van der Waals surface area contributed by atoms with Gasteiger partial charge in [0.15, 0.2) is 0 Å². The predicted octanol–water partition coefficient (Wildman–Crippen LogP) is 2.93. The molecule has 2 rings (SSSR count). The molecule has 1 heterocycles. The van der Waals surface area contributed by atoms with E-state index in [4.69, 9.17) is 9.47 Å². The Morgan fingerprint density at radius 3 is 2.28 bits per heavy atom. The van der Waals surface area contributed by atoms with Crippen molar-refractivity contribution in [3.63, 3.8) is 0 Å². The first-order valence-electron chi connectivity index (χ1n) is 6.30. The largest absolute Gasteiger partial charge is 0.497 e. The van der Waals surface area contributed by atoms with Crippen LogP contribution >= 0.6 is 0 Å². The Bertz CT molecular complexity index is 394. The fraction of sp³-hybridized carbons (Fsp3) is 0.500. The summed E-state index contributed by atoms with van der Waals surface area (Å²) in [5.41, 5.74) is 0. The fourth-order valence-corrected chi connectivity index (χ4v) is 2.00. The molecule has 1 fully saturated rings. The number of hydrogen-bond acceptors (Lipinski definition) is 3. The lowest BCUT2D eigenvalue weighted by Gasteiger charge is -2.29. The number of piperidine rings is 1. The van der Waals surface area contributed by atoms with E-state index in [9.17, 15) is 4.79 Å². The summed E-state index contributed by atoms with van der Waals surface area (Å²) >= 11 is 0. The number of amides is 1. The van der Waals surface area contributed by atoms with E-state index in [0.29, 0.717) is 11.7 Å². The van der Waals surface area contributed by atoms with Gasteiger partial charge in [0.05, 0.1) is 7.11 Å². The lowest BCUT2D eigenvalue weighted by Crippen LogP contribution is -2.39. The summed E-state index contributed by atoms with van der Waals surface area (Å²) in [6.45, 7) is 3.79. The van der Waals surface area contributed by atoms with Crippen LogP contribution in [0.2, 0.25) is 0 Å². The normalized spacial score (nSPS) is 16.4. The Balaban J connectivity index is 1.90. The van der Waals surface area contributed by atoms with Crippen LogP contribution < -0.4 is 9.47 Å². The van der Waals surface area contributed by atoms with Crippen LogP contribution in [0.3, 0.4) is 0 Å². The quantitative estimate of drug-likeness (QED) is 0.809. The molecule has 0 aliphatic carbocycles. The van der Waals surface area contributed by atoms with Gasteiger partial charge < -0.3 is 14.4 Å². The van der Waals surface area contributed by atoms with Crippen molar-refractivity contribution >= 4 is 6.09 Å². The highest BCUT2D eigenvalue weighted by Crippen LogP contribution is 2.20. The second-order valence-corrected chi connectivity index (χ2v) is 4.71. The number of rotatable bonds is 2. The van der Waals surface area contributed by atoms with Crippen molar-refractivity contribution in [1.29, 1.82) is 0 Å². The third-order valence-electron chi connectivity index (χ3n) is 3.31. The van der Waals surface area contributed by atoms with Gasteiger partial charge in [-0.25, -0.2) is 4.79 Å². The lowest BCUT2D eigenvalue weighted by atomic mass is 10.00. The van der Waals surface area contributed by atoms with Crippen molar-refractivity contribution < 1.29 is 14.3 Å². The highest BCUT2D eigenvalue weighted by Gasteiger charge is 2.21. The number of carbonyl (C=O) groups is 1. The van der Waals surface area contributed by atoms with E-state index in [2.05, 4.69) is 6.92 Å². The van der Waals surface area contributed by atoms with Crippen LogP contribution in [-0.4, -0.2) is 31.2 Å². The molecule has 0 radical (unpaired) electrons. The molecule has 0 N–H and O–H groups in total. The molecular weight excluding hydrogens is 230 g/mol. The minimum absolute atomic E-state index is 0.257. The van der Waals surface area contributed by atoms with Crippen molar-refractivity contribution in [3.8, 4) is 11.5 Å². The molecule has 1 aliphatic rings. The monoisotopic (exact) mass is 249 g/mol. The van der Waals surface area contributed by atoms with E-state index < -0.39 is 0 Å². The molecule has 0 atom stereocenters. The van der Waals surface area contributed by atoms with Gasteiger partial charge >= 0.3 is 6.09 Å². The summed E-state index contributed by atoms with van der Waals surface area (Å²) in [6, 6.07) is 7.04. The Kier molecular flexibility index (Phi) is 4.07. The van der Waals surface area contributed by atoms with Gasteiger partial charge in [0, 0.05) is 13.1 Å². The van der Waals surface area contributed by atoms with Crippen LogP contribution in [-0.2, 0) is 0 Å². The maximum absolute atomic E-state index is 11.9. The summed E-state index contributed by atoms with van der Waals surface area (Å²) in [5.74, 6) is 2.01. The molecule has 4 nitrogen and oxygen atoms in total. The van der Waals surface area contributed by atoms with E-state index in [1.165, 1.54) is 0 Å². The minimum Gasteiger partial charge on any atom is -0.497 e. The Labute approximate surface area is 107 Å². The highest BCUT2D eigenvalue weighted by molar-refractivity contribution is 5.70. The zero-order valence-electron chi connectivity index (χ0n) is 10.9. The molecule has 4 heteroatoms. The smallest absolute Gasteiger partial charge is 0.415 e. The number of carbonyl (C=O) groups excluding carboxylic acids is 1. The molecule has 0 spiro atoms. The number of hydrogen-bond donors (Lipinski definition) is 0. The van der Waals surface area contributed by atoms with Gasteiger partial charge in [-0.15, -0.1) is 0 Å². The summed E-state index contributed by atoms with van der Waals surface area (Å²) in [4.78, 5) is 13.7. The average Bonchev–Trinajstić information content (AvgIpc) is 2.40. The van der Waals surface area contributed by atoms with Crippen LogP contribution in [0.25, 0.3) is 0 Å². The molecule has 18 heavy (non-hydrogen) atoms. The van der Waals surface area contributed by atoms with Crippen molar-refractivity contribution in [2.75, 3.05) is 20.2 Å². The maximum Gasteiger partial charge on any atom is 0.415 e. The number of nitrogens with zero attached hydrogens (tertiary/aromatic N) is 1. The van der Waals surface area contributed by atoms with Crippen LogP contribution in [0.15, 0.2) is 24.3 Å². The first-order valence-corrected chi connectivity index (χ1v) is 6.30. The number of methoxy groups -OCH3 is 1. The molecule has 98 valence electrons. The van der Waals surface area contributed by atoms with Gasteiger partial charge in [-0.2, -0.15) is 0 Å². The van der Waals surface area contributed by atoms with Crippen molar-refractivity contribution in [2.24, 2.45) is 5.92 Å². The van der Waals surface area contributed by atoms with Gasteiger partial charge in [-0.1, -0.05) is 6.92 Å². The van der Waals surface area contributed by atoms with E-state index in [1.807, 2.05) is 0 Å². The molecule has 1 aliphatic heterocycles. The predicted molar refractivity (Wildman–Crippen MR) is 69.0 cm³/mol. The van der Waals surface area contributed by atoms with E-state index in [0.717, 1.165) is 31.7 Å². The van der Waals surface area contributed by atoms with Gasteiger partial charge in [0.1, 0.15) is 11.5 Å². The minimum atomic E-state index is -0.257. The molecule has 0 saturated carbocycles. The Hall–Kier alpha value is -1.71. The van der Waals surface area contributed by atoms with E-state index in [1.54, 1.807) is 36.3 Å². The van der Waals surface area contributed by atoms with Crippen LogP contribution in [0, 0.1) is 5.92 Å². The van der Waals surface area contributed by atoms with Crippen LogP contribution in [0.4, 0.5) is 4.79 Å². The average molecular weight is 249 g/mol. The fourth-order valence-electron chi connectivity index (χ4n) is 2.00. The number of ether oxygens (including phenoxy) is 2. The maximum atomic E-state index is 11.9. The molecule has 1 aromatic carbocycles. The second-order valence-electron chi connectivity index (χ2n) is 4.71. The number of benzene rings is 1. The first-order chi connectivity index (χ1) is 8.69. The van der Waals surface area contributed by atoms with Gasteiger partial charge in [0.2, 0.25) is 0 Å². The topological polar surface area (TPSA) is 38.8 Å². The van der Waals surface area contributed by atoms with Crippen molar-refractivity contribution in [2.45, 2.75) is 19.8 Å². The SMILES string of the molecule is COc1ccc(OC(=O)N2CCC(C)CC2)cc1. The Morgan fingerprint density at radius 2 is 1.72 bits per heavy atom. The molecule has 0 unspecified atom stereocenters. The van der Waals surface area contributed by atoms with Crippen molar-refractivity contribution in [3.05, 3.63) is 24.3 Å². The molecule has 1 aromatic rings. The van der Waals surface area contributed by atoms with Gasteiger partial charge in [-0.05, 0) is 43.0 Å². The zero-order valence-corrected chi connectivity index (χ0v) is 10.9. The molecule has 1 saturated heterocycles. The Morgan fingerprint density at radius 1 is 1.17 bits per heavy atom. The lowest BCUT2D eigenvalue weighted by molar-refractivity contribution is 0.133. The molecular formula is C14H19NO3. The van der Waals surface area contributed by atoms with Gasteiger partial charge in [-0.3, -0.25) is 0 Å². The summed E-state index contributed by atoms with van der Waals surface area (Å²) in [6.07, 6.45) is 1.85. The van der Waals surface area contributed by atoms with Gasteiger partial charge in [0.25, 0.3) is 0 Å². The highest BCUT2D eigenvalue weighted by atomic mass is 16.6. The van der Waals surface area contributed by atoms with E-state index in [-0.39, 0.29) is 6.09 Å². The summed E-state index contributed by atoms with van der Waals surface area (Å²) < 4.78 is 10.4. The summed E-state index contributed by atoms with van der Waals surface area (Å²) in [5, 5.41) is 0. The summed E-state index contributed by atoms with van der Waals surface area (Å²) in [7, 11) is 1.61.